The molecule has 0 fully saturated rings. The fourth-order valence-corrected chi connectivity index (χ4v) is 2.83. The van der Waals surface area contributed by atoms with Gasteiger partial charge in [0, 0.05) is 6.42 Å². The lowest BCUT2D eigenvalue weighted by Gasteiger charge is -2.15. The number of carbonyl (C=O) groups is 3. The lowest BCUT2D eigenvalue weighted by molar-refractivity contribution is -0.124. The average Bonchev–Trinajstić information content (AvgIpc) is 2.87. The number of rotatable bonds is 6. The number of halogens is 2. The van der Waals surface area contributed by atoms with E-state index in [0.717, 1.165) is 5.01 Å². The zero-order valence-corrected chi connectivity index (χ0v) is 15.0. The van der Waals surface area contributed by atoms with E-state index in [-0.39, 0.29) is 24.2 Å². The number of nitrogens with one attached hydrogen (secondary N) is 1. The van der Waals surface area contributed by atoms with E-state index in [1.165, 1.54) is 0 Å². The van der Waals surface area contributed by atoms with Crippen LogP contribution < -0.4 is 10.2 Å². The molecule has 0 spiro atoms. The molecule has 134 valence electrons. The summed E-state index contributed by atoms with van der Waals surface area (Å²) in [5.41, 5.74) is 2.89. The van der Waals surface area contributed by atoms with Gasteiger partial charge in [-0.2, -0.15) is 5.01 Å². The number of carbonyl (C=O) groups excluding carboxylic acids is 3. The highest BCUT2D eigenvalue weighted by Crippen LogP contribution is 2.31. The monoisotopic (exact) mass is 392 g/mol. The summed E-state index contributed by atoms with van der Waals surface area (Å²) in [4.78, 5) is 36.3. The minimum atomic E-state index is -0.541. The molecule has 26 heavy (non-hydrogen) atoms. The van der Waals surface area contributed by atoms with Crippen molar-refractivity contribution in [1.82, 2.24) is 10.4 Å². The first-order valence-electron chi connectivity index (χ1n) is 7.83. The predicted molar refractivity (Wildman–Crippen MR) is 96.3 cm³/mol. The molecule has 0 saturated heterocycles. The van der Waals surface area contributed by atoms with E-state index in [1.807, 2.05) is 0 Å². The Hall–Kier alpha value is -2.57. The highest BCUT2D eigenvalue weighted by atomic mass is 35.5. The third-order valence-corrected chi connectivity index (χ3v) is 4.55. The van der Waals surface area contributed by atoms with Gasteiger partial charge in [0.2, 0.25) is 5.91 Å². The van der Waals surface area contributed by atoms with Crippen LogP contribution in [-0.2, 0) is 4.79 Å². The van der Waals surface area contributed by atoms with Crippen molar-refractivity contribution in [3.05, 3.63) is 63.6 Å². The van der Waals surface area contributed by atoms with Crippen LogP contribution >= 0.6 is 23.2 Å². The quantitative estimate of drug-likeness (QED) is 0.602. The molecule has 3 amide bonds. The summed E-state index contributed by atoms with van der Waals surface area (Å²) in [5, 5.41) is 1.43. The van der Waals surface area contributed by atoms with Gasteiger partial charge in [-0.15, -0.1) is 0 Å². The molecule has 3 rings (SSSR count). The van der Waals surface area contributed by atoms with Crippen LogP contribution in [0.3, 0.4) is 0 Å². The molecule has 0 unspecified atom stereocenters. The summed E-state index contributed by atoms with van der Waals surface area (Å²) in [6.45, 7) is 0.232. The van der Waals surface area contributed by atoms with Crippen molar-refractivity contribution in [3.8, 4) is 5.75 Å². The van der Waals surface area contributed by atoms with E-state index in [1.54, 1.807) is 42.5 Å². The smallest absolute Gasteiger partial charge is 0.280 e. The van der Waals surface area contributed by atoms with Crippen LogP contribution in [0.4, 0.5) is 0 Å². The van der Waals surface area contributed by atoms with Crippen LogP contribution in [0, 0.1) is 0 Å². The van der Waals surface area contributed by atoms with Crippen molar-refractivity contribution in [2.75, 3.05) is 6.61 Å². The van der Waals surface area contributed by atoms with Gasteiger partial charge in [0.1, 0.15) is 10.8 Å². The molecule has 0 saturated carbocycles. The van der Waals surface area contributed by atoms with E-state index in [0.29, 0.717) is 22.2 Å². The van der Waals surface area contributed by atoms with Crippen LogP contribution in [0.2, 0.25) is 10.0 Å². The highest BCUT2D eigenvalue weighted by Gasteiger charge is 2.36. The Balaban J connectivity index is 1.49. The normalized spacial score (nSPS) is 12.9. The van der Waals surface area contributed by atoms with Gasteiger partial charge in [-0.3, -0.25) is 19.8 Å². The SMILES string of the molecule is O=C(CCCOc1cccc(Cl)c1Cl)NN1C(=O)c2ccccc2C1=O. The molecular formula is C18H14Cl2N2O4. The van der Waals surface area contributed by atoms with Crippen LogP contribution in [0.25, 0.3) is 0 Å². The molecule has 8 heteroatoms. The maximum Gasteiger partial charge on any atom is 0.280 e. The lowest BCUT2D eigenvalue weighted by atomic mass is 10.1. The second-order valence-electron chi connectivity index (χ2n) is 5.53. The summed E-state index contributed by atoms with van der Waals surface area (Å²) in [6.07, 6.45) is 0.448. The zero-order chi connectivity index (χ0) is 18.7. The van der Waals surface area contributed by atoms with Gasteiger partial charge in [0.05, 0.1) is 22.8 Å². The molecule has 1 aliphatic heterocycles. The summed E-state index contributed by atoms with van der Waals surface area (Å²) in [7, 11) is 0. The number of hydrogen-bond acceptors (Lipinski definition) is 4. The van der Waals surface area contributed by atoms with Crippen molar-refractivity contribution >= 4 is 40.9 Å². The number of hydrogen-bond donors (Lipinski definition) is 1. The van der Waals surface area contributed by atoms with Crippen LogP contribution in [-0.4, -0.2) is 29.3 Å². The van der Waals surface area contributed by atoms with Gasteiger partial charge in [0.15, 0.2) is 0 Å². The molecule has 0 radical (unpaired) electrons. The van der Waals surface area contributed by atoms with Crippen molar-refractivity contribution in [2.24, 2.45) is 0 Å². The van der Waals surface area contributed by atoms with Crippen molar-refractivity contribution in [3.63, 3.8) is 0 Å². The molecule has 0 aromatic heterocycles. The number of fused-ring (bicyclic) bond motifs is 1. The van der Waals surface area contributed by atoms with Gasteiger partial charge < -0.3 is 4.74 Å². The molecule has 0 bridgehead atoms. The predicted octanol–water partition coefficient (Wildman–Crippen LogP) is 3.48. The molecule has 1 heterocycles. The maximum absolute atomic E-state index is 12.2. The summed E-state index contributed by atoms with van der Waals surface area (Å²) < 4.78 is 5.49. The topological polar surface area (TPSA) is 75.7 Å². The Kier molecular flexibility index (Phi) is 5.44. The van der Waals surface area contributed by atoms with Gasteiger partial charge in [-0.25, -0.2) is 0 Å². The molecule has 1 aliphatic rings. The Labute approximate surface area is 159 Å². The molecule has 2 aromatic rings. The van der Waals surface area contributed by atoms with Gasteiger partial charge in [-0.05, 0) is 30.7 Å². The molecule has 0 atom stereocenters. The van der Waals surface area contributed by atoms with E-state index in [9.17, 15) is 14.4 Å². The summed E-state index contributed by atoms with van der Waals surface area (Å²) in [5.74, 6) is -1.11. The first-order valence-corrected chi connectivity index (χ1v) is 8.58. The standard InChI is InChI=1S/C18H14Cl2N2O4/c19-13-7-3-8-14(16(13)20)26-10-4-9-15(23)21-22-17(24)11-5-1-2-6-12(11)18(22)25/h1-3,5-8H,4,9-10H2,(H,21,23). The summed E-state index contributed by atoms with van der Waals surface area (Å²) in [6, 6.07) is 11.4. The van der Waals surface area contributed by atoms with Gasteiger partial charge >= 0.3 is 0 Å². The number of benzene rings is 2. The number of ether oxygens (including phenoxy) is 1. The van der Waals surface area contributed by atoms with Crippen LogP contribution in [0.1, 0.15) is 33.6 Å². The van der Waals surface area contributed by atoms with Gasteiger partial charge in [0.25, 0.3) is 11.8 Å². The molecular weight excluding hydrogens is 379 g/mol. The van der Waals surface area contributed by atoms with Crippen molar-refractivity contribution in [1.29, 1.82) is 0 Å². The van der Waals surface area contributed by atoms with E-state index < -0.39 is 17.7 Å². The summed E-state index contributed by atoms with van der Waals surface area (Å²) >= 11 is 11.9. The lowest BCUT2D eigenvalue weighted by Crippen LogP contribution is -2.45. The minimum Gasteiger partial charge on any atom is -0.492 e. The molecule has 2 aromatic carbocycles. The first-order chi connectivity index (χ1) is 12.5. The molecule has 1 N–H and O–H groups in total. The second-order valence-corrected chi connectivity index (χ2v) is 6.32. The Morgan fingerprint density at radius 1 is 1.00 bits per heavy atom. The number of hydrazine groups is 1. The minimum absolute atomic E-state index is 0.0750. The Morgan fingerprint density at radius 2 is 1.65 bits per heavy atom. The highest BCUT2D eigenvalue weighted by molar-refractivity contribution is 6.42. The number of nitrogens with zero attached hydrogens (tertiary/aromatic N) is 1. The average molecular weight is 393 g/mol. The molecule has 6 nitrogen and oxygen atoms in total. The maximum atomic E-state index is 12.2. The number of amides is 3. The van der Waals surface area contributed by atoms with Crippen molar-refractivity contribution < 1.29 is 19.1 Å². The first kappa shape index (κ1) is 18.2. The van der Waals surface area contributed by atoms with E-state index >= 15 is 0 Å². The fraction of sp³-hybridized carbons (Fsp3) is 0.167. The Bertz CT molecular complexity index is 850. The van der Waals surface area contributed by atoms with Crippen LogP contribution in [0.5, 0.6) is 5.75 Å². The Morgan fingerprint density at radius 3 is 2.31 bits per heavy atom. The zero-order valence-electron chi connectivity index (χ0n) is 13.5. The van der Waals surface area contributed by atoms with Crippen LogP contribution in [0.15, 0.2) is 42.5 Å². The third-order valence-electron chi connectivity index (χ3n) is 3.75. The van der Waals surface area contributed by atoms with E-state index in [4.69, 9.17) is 27.9 Å². The van der Waals surface area contributed by atoms with Crippen molar-refractivity contribution in [2.45, 2.75) is 12.8 Å². The second kappa shape index (κ2) is 7.76. The van der Waals surface area contributed by atoms with Gasteiger partial charge in [-0.1, -0.05) is 41.4 Å². The van der Waals surface area contributed by atoms with E-state index in [2.05, 4.69) is 5.43 Å². The largest absolute Gasteiger partial charge is 0.492 e. The third kappa shape index (κ3) is 3.66. The number of imide groups is 1. The fourth-order valence-electron chi connectivity index (χ4n) is 2.48. The molecule has 0 aliphatic carbocycles.